The number of benzene rings is 2. The Morgan fingerprint density at radius 3 is 2.71 bits per heavy atom. The largest absolute Gasteiger partial charge is 0.493 e. The van der Waals surface area contributed by atoms with E-state index in [1.54, 1.807) is 42.2 Å². The summed E-state index contributed by atoms with van der Waals surface area (Å²) < 4.78 is 18.4. The Balaban J connectivity index is 1.46. The van der Waals surface area contributed by atoms with Crippen molar-refractivity contribution < 1.29 is 19.0 Å². The molecule has 3 aromatic rings. The van der Waals surface area contributed by atoms with Gasteiger partial charge in [-0.2, -0.15) is 5.10 Å². The van der Waals surface area contributed by atoms with E-state index in [0.717, 1.165) is 16.8 Å². The van der Waals surface area contributed by atoms with Gasteiger partial charge >= 0.3 is 0 Å². The van der Waals surface area contributed by atoms with E-state index < -0.39 is 0 Å². The van der Waals surface area contributed by atoms with Crippen molar-refractivity contribution in [1.82, 2.24) is 19.7 Å². The number of carbonyl (C=O) groups is 1. The zero-order valence-corrected chi connectivity index (χ0v) is 17.7. The van der Waals surface area contributed by atoms with Crippen molar-refractivity contribution in [2.75, 3.05) is 27.4 Å². The van der Waals surface area contributed by atoms with Crippen LogP contribution in [0, 0.1) is 0 Å². The van der Waals surface area contributed by atoms with Gasteiger partial charge in [0.25, 0.3) is 0 Å². The molecule has 0 bridgehead atoms. The van der Waals surface area contributed by atoms with Crippen LogP contribution in [0.5, 0.6) is 17.2 Å². The lowest BCUT2D eigenvalue weighted by molar-refractivity contribution is -0.126. The normalized spacial score (nSPS) is 13.8. The molecule has 1 aromatic heterocycles. The monoisotopic (exact) mass is 420 g/mol. The number of nitrogens with zero attached hydrogens (tertiary/aromatic N) is 4. The molecule has 1 atom stereocenters. The van der Waals surface area contributed by atoms with Crippen molar-refractivity contribution in [1.29, 1.82) is 0 Å². The van der Waals surface area contributed by atoms with Gasteiger partial charge in [-0.15, -0.1) is 0 Å². The summed E-state index contributed by atoms with van der Waals surface area (Å²) in [6.07, 6.45) is 6.43. The van der Waals surface area contributed by atoms with Crippen LogP contribution >= 0.6 is 0 Å². The Bertz CT molecular complexity index is 1060. The second-order valence-corrected chi connectivity index (χ2v) is 7.14. The predicted octanol–water partition coefficient (Wildman–Crippen LogP) is 3.28. The summed E-state index contributed by atoms with van der Waals surface area (Å²) in [5, 5.41) is 4.12. The van der Waals surface area contributed by atoms with Crippen molar-refractivity contribution in [3.8, 4) is 22.9 Å². The van der Waals surface area contributed by atoms with Crippen molar-refractivity contribution in [2.45, 2.75) is 13.0 Å². The first-order valence-corrected chi connectivity index (χ1v) is 9.94. The molecule has 0 spiro atoms. The first kappa shape index (κ1) is 20.5. The number of aromatic nitrogens is 3. The van der Waals surface area contributed by atoms with Crippen LogP contribution in [0.3, 0.4) is 0 Å². The first-order chi connectivity index (χ1) is 15.1. The topological polar surface area (TPSA) is 78.7 Å². The SMILES string of the molecule is COc1cc(/C=C/C(=O)N(C)[C@@H](C)c2ccc(-n3cncn3)cc2)cc2c1OCCO2. The van der Waals surface area contributed by atoms with Crippen molar-refractivity contribution >= 4 is 12.0 Å². The molecule has 0 aliphatic carbocycles. The second kappa shape index (κ2) is 8.91. The molecule has 0 saturated carbocycles. The number of ether oxygens (including phenoxy) is 3. The molecule has 2 aromatic carbocycles. The summed E-state index contributed by atoms with van der Waals surface area (Å²) in [5.41, 5.74) is 2.73. The Labute approximate surface area is 180 Å². The molecule has 0 N–H and O–H groups in total. The Kier molecular flexibility index (Phi) is 5.88. The first-order valence-electron chi connectivity index (χ1n) is 9.94. The molecule has 0 saturated heterocycles. The molecule has 2 heterocycles. The van der Waals surface area contributed by atoms with Gasteiger partial charge < -0.3 is 19.1 Å². The number of hydrogen-bond donors (Lipinski definition) is 0. The van der Waals surface area contributed by atoms with Crippen LogP contribution < -0.4 is 14.2 Å². The zero-order chi connectivity index (χ0) is 21.8. The van der Waals surface area contributed by atoms with E-state index >= 15 is 0 Å². The lowest BCUT2D eigenvalue weighted by Gasteiger charge is -2.24. The number of carbonyl (C=O) groups excluding carboxylic acids is 1. The number of fused-ring (bicyclic) bond motifs is 1. The highest BCUT2D eigenvalue weighted by atomic mass is 16.6. The van der Waals surface area contributed by atoms with Gasteiger partial charge in [-0.3, -0.25) is 4.79 Å². The fraction of sp³-hybridized carbons (Fsp3) is 0.261. The van der Waals surface area contributed by atoms with E-state index in [0.29, 0.717) is 30.5 Å². The van der Waals surface area contributed by atoms with E-state index in [-0.39, 0.29) is 11.9 Å². The van der Waals surface area contributed by atoms with E-state index in [9.17, 15) is 4.79 Å². The third kappa shape index (κ3) is 4.37. The van der Waals surface area contributed by atoms with Gasteiger partial charge in [0.05, 0.1) is 18.8 Å². The summed E-state index contributed by atoms with van der Waals surface area (Å²) in [6, 6.07) is 11.4. The average molecular weight is 420 g/mol. The van der Waals surface area contributed by atoms with Crippen LogP contribution in [0.4, 0.5) is 0 Å². The van der Waals surface area contributed by atoms with Gasteiger partial charge in [0, 0.05) is 13.1 Å². The minimum Gasteiger partial charge on any atom is -0.493 e. The lowest BCUT2D eigenvalue weighted by Crippen LogP contribution is -2.28. The van der Waals surface area contributed by atoms with Crippen LogP contribution in [0.15, 0.2) is 55.1 Å². The molecule has 1 amide bonds. The Morgan fingerprint density at radius 1 is 1.23 bits per heavy atom. The molecule has 160 valence electrons. The van der Waals surface area contributed by atoms with Crippen LogP contribution in [0.2, 0.25) is 0 Å². The van der Waals surface area contributed by atoms with E-state index in [4.69, 9.17) is 14.2 Å². The minimum atomic E-state index is -0.110. The molecule has 1 aliphatic heterocycles. The highest BCUT2D eigenvalue weighted by Gasteiger charge is 2.19. The Hall–Kier alpha value is -3.81. The van der Waals surface area contributed by atoms with Gasteiger partial charge in [-0.05, 0) is 48.4 Å². The Morgan fingerprint density at radius 2 is 2.00 bits per heavy atom. The maximum Gasteiger partial charge on any atom is 0.246 e. The molecule has 0 fully saturated rings. The maximum atomic E-state index is 12.8. The van der Waals surface area contributed by atoms with Gasteiger partial charge in [0.15, 0.2) is 11.5 Å². The average Bonchev–Trinajstić information content (AvgIpc) is 3.36. The lowest BCUT2D eigenvalue weighted by atomic mass is 10.1. The minimum absolute atomic E-state index is 0.100. The van der Waals surface area contributed by atoms with Crippen LogP contribution in [-0.4, -0.2) is 52.9 Å². The summed E-state index contributed by atoms with van der Waals surface area (Å²) in [7, 11) is 3.36. The highest BCUT2D eigenvalue weighted by molar-refractivity contribution is 5.92. The number of rotatable bonds is 6. The number of likely N-dealkylation sites (N-methyl/N-ethyl adjacent to an activating group) is 1. The summed E-state index contributed by atoms with van der Waals surface area (Å²) >= 11 is 0. The van der Waals surface area contributed by atoms with Crippen molar-refractivity contribution in [3.05, 3.63) is 66.3 Å². The van der Waals surface area contributed by atoms with Gasteiger partial charge in [-0.1, -0.05) is 12.1 Å². The van der Waals surface area contributed by atoms with Crippen LogP contribution in [0.25, 0.3) is 11.8 Å². The van der Waals surface area contributed by atoms with Crippen molar-refractivity contribution in [3.63, 3.8) is 0 Å². The standard InChI is InChI=1S/C23H24N4O4/c1-16(18-5-7-19(8-6-18)27-15-24-14-25-27)26(2)22(28)9-4-17-12-20(29-3)23-21(13-17)30-10-11-31-23/h4-9,12-16H,10-11H2,1-3H3/b9-4+/t16-/m0/s1. The third-order valence-corrected chi connectivity index (χ3v) is 5.26. The number of methoxy groups -OCH3 is 1. The summed E-state index contributed by atoms with van der Waals surface area (Å²) in [4.78, 5) is 18.4. The molecular formula is C23H24N4O4. The smallest absolute Gasteiger partial charge is 0.246 e. The molecule has 0 unspecified atom stereocenters. The summed E-state index contributed by atoms with van der Waals surface area (Å²) in [5.74, 6) is 1.68. The molecule has 31 heavy (non-hydrogen) atoms. The van der Waals surface area contributed by atoms with E-state index in [1.165, 1.54) is 6.33 Å². The second-order valence-electron chi connectivity index (χ2n) is 7.14. The zero-order valence-electron chi connectivity index (χ0n) is 17.7. The van der Waals surface area contributed by atoms with Gasteiger partial charge in [0.1, 0.15) is 25.9 Å². The number of hydrogen-bond acceptors (Lipinski definition) is 6. The fourth-order valence-electron chi connectivity index (χ4n) is 3.34. The van der Waals surface area contributed by atoms with E-state index in [2.05, 4.69) is 10.1 Å². The van der Waals surface area contributed by atoms with Crippen LogP contribution in [0.1, 0.15) is 24.1 Å². The highest BCUT2D eigenvalue weighted by Crippen LogP contribution is 2.40. The number of amides is 1. The molecule has 1 aliphatic rings. The van der Waals surface area contributed by atoms with Gasteiger partial charge in [-0.25, -0.2) is 9.67 Å². The van der Waals surface area contributed by atoms with Crippen LogP contribution in [-0.2, 0) is 4.79 Å². The summed E-state index contributed by atoms with van der Waals surface area (Å²) in [6.45, 7) is 2.96. The maximum absolute atomic E-state index is 12.8. The molecular weight excluding hydrogens is 396 g/mol. The molecule has 4 rings (SSSR count). The molecule has 8 nitrogen and oxygen atoms in total. The molecule has 0 radical (unpaired) electrons. The van der Waals surface area contributed by atoms with E-state index in [1.807, 2.05) is 43.3 Å². The third-order valence-electron chi connectivity index (χ3n) is 5.26. The molecule has 8 heteroatoms. The predicted molar refractivity (Wildman–Crippen MR) is 116 cm³/mol. The van der Waals surface area contributed by atoms with Crippen molar-refractivity contribution in [2.24, 2.45) is 0 Å². The quantitative estimate of drug-likeness (QED) is 0.570. The fourth-order valence-corrected chi connectivity index (χ4v) is 3.34. The van der Waals surface area contributed by atoms with Gasteiger partial charge in [0.2, 0.25) is 11.7 Å².